The van der Waals surface area contributed by atoms with Crippen molar-refractivity contribution in [2.45, 2.75) is 33.6 Å². The number of hydrogen-bond acceptors (Lipinski definition) is 7. The van der Waals surface area contributed by atoms with Crippen LogP contribution in [0.3, 0.4) is 0 Å². The number of ether oxygens (including phenoxy) is 3. The lowest BCUT2D eigenvalue weighted by Gasteiger charge is -2.01. The molecule has 0 aliphatic carbocycles. The third kappa shape index (κ3) is 18.3. The summed E-state index contributed by atoms with van der Waals surface area (Å²) in [6.45, 7) is 16.3. The van der Waals surface area contributed by atoms with Gasteiger partial charge in [0, 0.05) is 23.3 Å². The Balaban J connectivity index is 0. The topological polar surface area (TPSA) is 96.0 Å². The number of methoxy groups -OCH3 is 1. The minimum absolute atomic E-state index is 0.284. The Morgan fingerprint density at radius 3 is 1.72 bits per heavy atom. The summed E-state index contributed by atoms with van der Waals surface area (Å²) >= 11 is 0. The average Bonchev–Trinajstić information content (AvgIpc) is 3.17. The zero-order chi connectivity index (χ0) is 24.9. The van der Waals surface area contributed by atoms with Gasteiger partial charge in [-0.25, -0.2) is 19.2 Å². The first-order chi connectivity index (χ1) is 15.1. The molecule has 7 nitrogen and oxygen atoms in total. The van der Waals surface area contributed by atoms with Crippen molar-refractivity contribution in [1.82, 2.24) is 0 Å². The SMILES string of the molecule is C=C(C)C(=O)OC.C=C(C)C(=O)OCCCC.C=Cc1ccccc1.O=C1C=CC(=O)O1. The molecule has 0 saturated heterocycles. The van der Waals surface area contributed by atoms with Crippen LogP contribution in [0.4, 0.5) is 0 Å². The quantitative estimate of drug-likeness (QED) is 0.208. The molecule has 0 N–H and O–H groups in total. The van der Waals surface area contributed by atoms with E-state index in [0.29, 0.717) is 17.8 Å². The predicted octanol–water partition coefficient (Wildman–Crippen LogP) is 4.60. The summed E-state index contributed by atoms with van der Waals surface area (Å²) in [5.41, 5.74) is 2.08. The fraction of sp³-hybridized carbons (Fsp3) is 0.280. The molecule has 1 aliphatic rings. The summed E-state index contributed by atoms with van der Waals surface area (Å²) in [4.78, 5) is 40.7. The van der Waals surface area contributed by atoms with Gasteiger partial charge in [0.25, 0.3) is 0 Å². The van der Waals surface area contributed by atoms with Crippen LogP contribution in [0.2, 0.25) is 0 Å². The molecule has 0 unspecified atom stereocenters. The van der Waals surface area contributed by atoms with Crippen molar-refractivity contribution < 1.29 is 33.4 Å². The van der Waals surface area contributed by atoms with Gasteiger partial charge in [-0.3, -0.25) is 0 Å². The van der Waals surface area contributed by atoms with E-state index in [9.17, 15) is 19.2 Å². The Hall–Kier alpha value is -3.74. The molecule has 0 fully saturated rings. The van der Waals surface area contributed by atoms with E-state index >= 15 is 0 Å². The largest absolute Gasteiger partial charge is 0.466 e. The molecule has 0 radical (unpaired) electrons. The molecule has 7 heteroatoms. The van der Waals surface area contributed by atoms with E-state index in [2.05, 4.69) is 36.1 Å². The second-order valence-electron chi connectivity index (χ2n) is 6.23. The summed E-state index contributed by atoms with van der Waals surface area (Å²) in [6.07, 6.45) is 5.98. The van der Waals surface area contributed by atoms with Crippen LogP contribution in [0.1, 0.15) is 39.2 Å². The summed E-state index contributed by atoms with van der Waals surface area (Å²) in [7, 11) is 1.33. The van der Waals surface area contributed by atoms with Crippen LogP contribution in [0.5, 0.6) is 0 Å². The number of esters is 4. The van der Waals surface area contributed by atoms with Crippen LogP contribution in [-0.4, -0.2) is 37.6 Å². The average molecular weight is 445 g/mol. The maximum absolute atomic E-state index is 10.7. The van der Waals surface area contributed by atoms with Gasteiger partial charge in [0.2, 0.25) is 0 Å². The van der Waals surface area contributed by atoms with Crippen LogP contribution in [0.25, 0.3) is 6.08 Å². The van der Waals surface area contributed by atoms with Gasteiger partial charge in [0.15, 0.2) is 0 Å². The highest BCUT2D eigenvalue weighted by atomic mass is 16.6. The third-order valence-electron chi connectivity index (χ3n) is 3.21. The number of benzene rings is 1. The molecule has 0 atom stereocenters. The lowest BCUT2D eigenvalue weighted by atomic mass is 10.2. The Morgan fingerprint density at radius 1 is 0.969 bits per heavy atom. The lowest BCUT2D eigenvalue weighted by molar-refractivity contribution is -0.150. The van der Waals surface area contributed by atoms with Crippen LogP contribution >= 0.6 is 0 Å². The standard InChI is InChI=1S/C8H14O2.C8H8.C5H8O2.C4H2O3/c1-4-5-6-10-8(9)7(2)3;1-2-8-6-4-3-5-7-8;1-4(2)5(6)7-3;5-3-1-2-4(6)7-3/h2,4-6H2,1,3H3;2-7H,1H2;1H2,2-3H3;1-2H. The number of rotatable bonds is 6. The van der Waals surface area contributed by atoms with E-state index in [-0.39, 0.29) is 11.9 Å². The molecule has 174 valence electrons. The van der Waals surface area contributed by atoms with Gasteiger partial charge >= 0.3 is 23.9 Å². The van der Waals surface area contributed by atoms with Crippen molar-refractivity contribution in [3.05, 3.63) is 78.9 Å². The number of hydrogen-bond donors (Lipinski definition) is 0. The summed E-state index contributed by atoms with van der Waals surface area (Å²) in [6, 6.07) is 10.0. The van der Waals surface area contributed by atoms with Crippen molar-refractivity contribution in [1.29, 1.82) is 0 Å². The summed E-state index contributed by atoms with van der Waals surface area (Å²) < 4.78 is 13.1. The van der Waals surface area contributed by atoms with Gasteiger partial charge in [0.1, 0.15) is 0 Å². The van der Waals surface area contributed by atoms with Crippen LogP contribution in [0.15, 0.2) is 73.4 Å². The van der Waals surface area contributed by atoms with Crippen molar-refractivity contribution in [2.75, 3.05) is 13.7 Å². The van der Waals surface area contributed by atoms with E-state index in [4.69, 9.17) is 4.74 Å². The fourth-order valence-corrected chi connectivity index (χ4v) is 1.50. The maximum Gasteiger partial charge on any atom is 0.338 e. The smallest absolute Gasteiger partial charge is 0.338 e. The minimum atomic E-state index is -0.579. The molecule has 32 heavy (non-hydrogen) atoms. The van der Waals surface area contributed by atoms with E-state index in [1.54, 1.807) is 13.8 Å². The third-order valence-corrected chi connectivity index (χ3v) is 3.21. The zero-order valence-electron chi connectivity index (χ0n) is 19.2. The van der Waals surface area contributed by atoms with Gasteiger partial charge in [0.05, 0.1) is 13.7 Å². The predicted molar refractivity (Wildman–Crippen MR) is 124 cm³/mol. The van der Waals surface area contributed by atoms with Gasteiger partial charge in [-0.15, -0.1) is 0 Å². The molecule has 0 aromatic heterocycles. The van der Waals surface area contributed by atoms with Crippen molar-refractivity contribution in [2.24, 2.45) is 0 Å². The van der Waals surface area contributed by atoms with Gasteiger partial charge in [-0.05, 0) is 25.8 Å². The number of cyclic esters (lactones) is 2. The van der Waals surface area contributed by atoms with Crippen LogP contribution in [0, 0.1) is 0 Å². The van der Waals surface area contributed by atoms with Crippen molar-refractivity contribution in [3.63, 3.8) is 0 Å². The molecule has 0 saturated carbocycles. The second-order valence-corrected chi connectivity index (χ2v) is 6.23. The molecule has 0 amide bonds. The van der Waals surface area contributed by atoms with E-state index < -0.39 is 11.9 Å². The first kappa shape index (κ1) is 30.5. The van der Waals surface area contributed by atoms with Crippen molar-refractivity contribution >= 4 is 30.0 Å². The van der Waals surface area contributed by atoms with Gasteiger partial charge in [-0.1, -0.05) is 69.5 Å². The monoisotopic (exact) mass is 444 g/mol. The molecule has 1 aliphatic heterocycles. The first-order valence-electron chi connectivity index (χ1n) is 9.76. The van der Waals surface area contributed by atoms with Crippen LogP contribution in [-0.2, 0) is 33.4 Å². The molecular weight excluding hydrogens is 412 g/mol. The molecular formula is C25H32O7. The van der Waals surface area contributed by atoms with Crippen LogP contribution < -0.4 is 0 Å². The van der Waals surface area contributed by atoms with Crippen molar-refractivity contribution in [3.8, 4) is 0 Å². The summed E-state index contributed by atoms with van der Waals surface area (Å²) in [5.74, 6) is -1.79. The maximum atomic E-state index is 10.7. The summed E-state index contributed by atoms with van der Waals surface area (Å²) in [5, 5.41) is 0. The van der Waals surface area contributed by atoms with E-state index in [1.807, 2.05) is 36.4 Å². The minimum Gasteiger partial charge on any atom is -0.466 e. The second kappa shape index (κ2) is 19.2. The Kier molecular flexibility index (Phi) is 18.3. The molecule has 1 aromatic rings. The molecule has 0 bridgehead atoms. The Labute approximate surface area is 190 Å². The Bertz CT molecular complexity index is 789. The molecule has 2 rings (SSSR count). The molecule has 0 spiro atoms. The molecule has 1 aromatic carbocycles. The van der Waals surface area contributed by atoms with E-state index in [1.165, 1.54) is 12.7 Å². The highest BCUT2D eigenvalue weighted by Crippen LogP contribution is 1.97. The highest BCUT2D eigenvalue weighted by molar-refractivity contribution is 6.04. The first-order valence-corrected chi connectivity index (χ1v) is 9.76. The number of carbonyl (C=O) groups excluding carboxylic acids is 4. The highest BCUT2D eigenvalue weighted by Gasteiger charge is 2.10. The van der Waals surface area contributed by atoms with Gasteiger partial charge in [-0.2, -0.15) is 0 Å². The number of unbranched alkanes of at least 4 members (excludes halogenated alkanes) is 1. The van der Waals surface area contributed by atoms with E-state index in [0.717, 1.165) is 25.0 Å². The molecule has 1 heterocycles. The lowest BCUT2D eigenvalue weighted by Crippen LogP contribution is -2.05. The normalized spacial score (nSPS) is 10.5. The fourth-order valence-electron chi connectivity index (χ4n) is 1.50. The number of carbonyl (C=O) groups is 4. The Morgan fingerprint density at radius 2 is 1.47 bits per heavy atom. The zero-order valence-corrected chi connectivity index (χ0v) is 19.2. The van der Waals surface area contributed by atoms with Gasteiger partial charge < -0.3 is 14.2 Å².